The molecule has 0 aliphatic heterocycles. The van der Waals surface area contributed by atoms with E-state index in [0.29, 0.717) is 12.2 Å². The van der Waals surface area contributed by atoms with Crippen molar-refractivity contribution in [2.24, 2.45) is 0 Å². The van der Waals surface area contributed by atoms with Crippen LogP contribution in [0, 0.1) is 0 Å². The van der Waals surface area contributed by atoms with E-state index in [4.69, 9.17) is 24.4 Å². The molecule has 0 N–H and O–H groups in total. The van der Waals surface area contributed by atoms with Crippen molar-refractivity contribution in [3.05, 3.63) is 35.7 Å². The van der Waals surface area contributed by atoms with E-state index >= 15 is 0 Å². The van der Waals surface area contributed by atoms with Crippen molar-refractivity contribution in [2.45, 2.75) is 134 Å². The first-order chi connectivity index (χ1) is 18.8. The molecular weight excluding hydrogens is 526 g/mol. The summed E-state index contributed by atoms with van der Waals surface area (Å²) in [5.74, 6) is 3.30. The van der Waals surface area contributed by atoms with Gasteiger partial charge in [-0.3, -0.25) is 0 Å². The topological polar surface area (TPSA) is 74.2 Å². The van der Waals surface area contributed by atoms with E-state index in [1.807, 2.05) is 32.9 Å². The van der Waals surface area contributed by atoms with Crippen LogP contribution in [0.5, 0.6) is 5.75 Å². The Kier molecular flexibility index (Phi) is 16.5. The molecule has 2 aromatic rings. The molecule has 0 unspecified atom stereocenters. The number of ether oxygens (including phenoxy) is 2. The summed E-state index contributed by atoms with van der Waals surface area (Å²) in [6, 6.07) is 7.44. The lowest BCUT2D eigenvalue weighted by molar-refractivity contribution is 0.0206. The highest BCUT2D eigenvalue weighted by molar-refractivity contribution is 7.99. The zero-order valence-corrected chi connectivity index (χ0v) is 26.4. The molecule has 6 nitrogen and oxygen atoms in total. The molecule has 0 saturated heterocycles. The van der Waals surface area contributed by atoms with Gasteiger partial charge < -0.3 is 9.47 Å². The minimum absolute atomic E-state index is 0.453. The highest BCUT2D eigenvalue weighted by atomic mass is 32.2. The van der Waals surface area contributed by atoms with Crippen LogP contribution >= 0.6 is 23.5 Å². The van der Waals surface area contributed by atoms with Gasteiger partial charge >= 0.3 is 6.16 Å². The average molecular weight is 576 g/mol. The Morgan fingerprint density at radius 2 is 1.21 bits per heavy atom. The zero-order valence-electron chi connectivity index (χ0n) is 24.8. The Balaban J connectivity index is 1.97. The summed E-state index contributed by atoms with van der Waals surface area (Å²) in [5, 5.41) is 1.65. The summed E-state index contributed by atoms with van der Waals surface area (Å²) in [4.78, 5) is 26.3. The van der Waals surface area contributed by atoms with Crippen molar-refractivity contribution in [1.29, 1.82) is 0 Å². The fourth-order valence-corrected chi connectivity index (χ4v) is 5.66. The lowest BCUT2D eigenvalue weighted by Gasteiger charge is -2.18. The van der Waals surface area contributed by atoms with Gasteiger partial charge in [0, 0.05) is 17.9 Å². The Hall–Kier alpha value is -1.80. The van der Waals surface area contributed by atoms with E-state index in [-0.39, 0.29) is 0 Å². The smallest absolute Gasteiger partial charge is 0.428 e. The van der Waals surface area contributed by atoms with Crippen molar-refractivity contribution in [1.82, 2.24) is 15.0 Å². The van der Waals surface area contributed by atoms with Crippen LogP contribution in [0.1, 0.15) is 123 Å². The summed E-state index contributed by atoms with van der Waals surface area (Å²) in [6.07, 6.45) is 15.3. The average Bonchev–Trinajstić information content (AvgIpc) is 2.87. The molecule has 1 heterocycles. The summed E-state index contributed by atoms with van der Waals surface area (Å²) in [6.45, 7) is 9.94. The number of aromatic nitrogens is 3. The molecule has 0 amide bonds. The normalized spacial score (nSPS) is 11.5. The summed E-state index contributed by atoms with van der Waals surface area (Å²) < 4.78 is 10.5. The standard InChI is InChI=1S/C31H49N3O3S2/c1-6-8-10-12-14-16-22-38-28-32-27(33-29(34-28)39-23-17-15-13-11-9-7-2)24-25-18-20-26(21-19-25)36-30(35)37-31(3,4)5/h18-21H,6-17,22-24H2,1-5H3. The molecule has 218 valence electrons. The number of benzene rings is 1. The van der Waals surface area contributed by atoms with Gasteiger partial charge in [-0.05, 0) is 51.3 Å². The van der Waals surface area contributed by atoms with Gasteiger partial charge in [0.1, 0.15) is 17.2 Å². The number of carbonyl (C=O) groups is 1. The van der Waals surface area contributed by atoms with Crippen LogP contribution in [0.25, 0.3) is 0 Å². The molecule has 1 aromatic heterocycles. The minimum atomic E-state index is -0.702. The lowest BCUT2D eigenvalue weighted by atomic mass is 10.1. The summed E-state index contributed by atoms with van der Waals surface area (Å²) in [5.41, 5.74) is 0.460. The number of hydrogen-bond donors (Lipinski definition) is 0. The molecule has 0 spiro atoms. The van der Waals surface area contributed by atoms with Crippen LogP contribution in [-0.4, -0.2) is 38.2 Å². The number of carbonyl (C=O) groups excluding carboxylic acids is 1. The number of hydrogen-bond acceptors (Lipinski definition) is 8. The summed E-state index contributed by atoms with van der Waals surface area (Å²) >= 11 is 3.49. The Morgan fingerprint density at radius 3 is 1.69 bits per heavy atom. The van der Waals surface area contributed by atoms with Gasteiger partial charge in [-0.25, -0.2) is 14.8 Å². The third-order valence-corrected chi connectivity index (χ3v) is 7.84. The zero-order chi connectivity index (χ0) is 28.3. The first-order valence-electron chi connectivity index (χ1n) is 14.8. The molecule has 0 aliphatic rings. The van der Waals surface area contributed by atoms with Crippen LogP contribution in [0.3, 0.4) is 0 Å². The van der Waals surface area contributed by atoms with E-state index in [1.54, 1.807) is 35.7 Å². The van der Waals surface area contributed by atoms with E-state index < -0.39 is 11.8 Å². The van der Waals surface area contributed by atoms with Crippen molar-refractivity contribution < 1.29 is 14.3 Å². The van der Waals surface area contributed by atoms with E-state index in [1.165, 1.54) is 77.0 Å². The second kappa shape index (κ2) is 19.3. The molecule has 1 aromatic carbocycles. The van der Waals surface area contributed by atoms with Gasteiger partial charge in [-0.1, -0.05) is 114 Å². The number of rotatable bonds is 19. The maximum Gasteiger partial charge on any atom is 0.514 e. The fraction of sp³-hybridized carbons (Fsp3) is 0.677. The molecule has 0 radical (unpaired) electrons. The maximum atomic E-state index is 12.0. The fourth-order valence-electron chi connectivity index (χ4n) is 3.90. The monoisotopic (exact) mass is 575 g/mol. The van der Waals surface area contributed by atoms with Crippen molar-refractivity contribution in [2.75, 3.05) is 11.5 Å². The Labute approximate surface area is 245 Å². The minimum Gasteiger partial charge on any atom is -0.428 e. The maximum absolute atomic E-state index is 12.0. The number of nitrogens with zero attached hydrogens (tertiary/aromatic N) is 3. The largest absolute Gasteiger partial charge is 0.514 e. The van der Waals surface area contributed by atoms with Crippen molar-refractivity contribution in [3.63, 3.8) is 0 Å². The molecule has 0 saturated carbocycles. The third-order valence-electron chi connectivity index (χ3n) is 5.98. The van der Waals surface area contributed by atoms with Crippen LogP contribution in [0.4, 0.5) is 4.79 Å². The van der Waals surface area contributed by atoms with Crippen LogP contribution in [0.2, 0.25) is 0 Å². The first-order valence-corrected chi connectivity index (χ1v) is 16.8. The van der Waals surface area contributed by atoms with Crippen LogP contribution in [0.15, 0.2) is 34.6 Å². The molecular formula is C31H49N3O3S2. The molecule has 39 heavy (non-hydrogen) atoms. The molecule has 0 bridgehead atoms. The second-order valence-corrected chi connectivity index (χ2v) is 13.1. The Bertz CT molecular complexity index is 913. The van der Waals surface area contributed by atoms with E-state index in [2.05, 4.69) is 13.8 Å². The van der Waals surface area contributed by atoms with E-state index in [0.717, 1.165) is 33.2 Å². The molecule has 0 aliphatic carbocycles. The van der Waals surface area contributed by atoms with Gasteiger partial charge in [0.25, 0.3) is 0 Å². The predicted molar refractivity (Wildman–Crippen MR) is 164 cm³/mol. The lowest BCUT2D eigenvalue weighted by Crippen LogP contribution is -2.25. The highest BCUT2D eigenvalue weighted by Crippen LogP contribution is 2.23. The van der Waals surface area contributed by atoms with Gasteiger partial charge in [0.05, 0.1) is 0 Å². The molecule has 2 rings (SSSR count). The van der Waals surface area contributed by atoms with Crippen LogP contribution in [-0.2, 0) is 11.2 Å². The first kappa shape index (κ1) is 33.4. The predicted octanol–water partition coefficient (Wildman–Crippen LogP) is 9.68. The van der Waals surface area contributed by atoms with Crippen molar-refractivity contribution in [3.8, 4) is 5.75 Å². The molecule has 8 heteroatoms. The number of thioether (sulfide) groups is 2. The van der Waals surface area contributed by atoms with Crippen molar-refractivity contribution >= 4 is 29.7 Å². The quantitative estimate of drug-likeness (QED) is 0.0709. The Morgan fingerprint density at radius 1 is 0.718 bits per heavy atom. The van der Waals surface area contributed by atoms with Gasteiger partial charge in [0.2, 0.25) is 0 Å². The van der Waals surface area contributed by atoms with Gasteiger partial charge in [0.15, 0.2) is 10.3 Å². The second-order valence-electron chi connectivity index (χ2n) is 10.9. The number of unbranched alkanes of at least 4 members (excludes halogenated alkanes) is 10. The molecule has 0 fully saturated rings. The van der Waals surface area contributed by atoms with Crippen LogP contribution < -0.4 is 4.74 Å². The van der Waals surface area contributed by atoms with E-state index in [9.17, 15) is 4.79 Å². The SMILES string of the molecule is CCCCCCCCSc1nc(Cc2ccc(OC(=O)OC(C)(C)C)cc2)nc(SCCCCCCCC)n1. The highest BCUT2D eigenvalue weighted by Gasteiger charge is 2.18. The molecule has 0 atom stereocenters. The van der Waals surface area contributed by atoms with Gasteiger partial charge in [-0.2, -0.15) is 4.98 Å². The third kappa shape index (κ3) is 16.2. The van der Waals surface area contributed by atoms with Gasteiger partial charge in [-0.15, -0.1) is 0 Å². The summed E-state index contributed by atoms with van der Waals surface area (Å²) in [7, 11) is 0.